The first-order chi connectivity index (χ1) is 13.1. The van der Waals surface area contributed by atoms with Crippen LogP contribution in [-0.4, -0.2) is 56.4 Å². The van der Waals surface area contributed by atoms with Crippen LogP contribution in [0.3, 0.4) is 0 Å². The summed E-state index contributed by atoms with van der Waals surface area (Å²) in [6, 6.07) is 0. The number of hydrogen-bond acceptors (Lipinski definition) is 7. The summed E-state index contributed by atoms with van der Waals surface area (Å²) in [7, 11) is 0. The van der Waals surface area contributed by atoms with E-state index in [2.05, 4.69) is 31.9 Å². The van der Waals surface area contributed by atoms with Gasteiger partial charge in [0.1, 0.15) is 20.9 Å². The van der Waals surface area contributed by atoms with E-state index in [0.717, 1.165) is 0 Å². The van der Waals surface area contributed by atoms with Gasteiger partial charge in [0.25, 0.3) is 0 Å². The van der Waals surface area contributed by atoms with E-state index in [1.54, 1.807) is 34.6 Å². The molecule has 0 aliphatic heterocycles. The van der Waals surface area contributed by atoms with E-state index < -0.39 is 44.7 Å². The minimum absolute atomic E-state index is 0.0211. The van der Waals surface area contributed by atoms with Crippen LogP contribution >= 0.6 is 31.9 Å². The minimum Gasteiger partial charge on any atom is -0.481 e. The molecule has 0 spiro atoms. The summed E-state index contributed by atoms with van der Waals surface area (Å²) in [6.45, 7) is 8.68. The van der Waals surface area contributed by atoms with E-state index in [0.29, 0.717) is 0 Å². The summed E-state index contributed by atoms with van der Waals surface area (Å²) < 4.78 is 15.7. The van der Waals surface area contributed by atoms with E-state index >= 15 is 0 Å². The Hall–Kier alpha value is -1.16. The Labute approximate surface area is 188 Å². The van der Waals surface area contributed by atoms with Crippen LogP contribution in [0, 0.1) is 0 Å². The first kappa shape index (κ1) is 27.8. The summed E-state index contributed by atoms with van der Waals surface area (Å²) in [4.78, 5) is 44.9. The van der Waals surface area contributed by atoms with Gasteiger partial charge in [-0.3, -0.25) is 19.2 Å². The lowest BCUT2D eigenvalue weighted by atomic mass is 10.1. The standard InChI is InChI=1S/C19H30Br2O8/c1-18(2,3)29-17(26)13(21)7-9-15(24)28-19(4,5)10-11-27-16(25)12(20)6-8-14(22)23/h12-13H,6-11H2,1-5H3,(H,22,23)/t12-,13-/m1/s1. The van der Waals surface area contributed by atoms with E-state index in [1.807, 2.05) is 0 Å². The number of alkyl halides is 2. The fourth-order valence-corrected chi connectivity index (χ4v) is 2.68. The quantitative estimate of drug-likeness (QED) is 0.224. The highest BCUT2D eigenvalue weighted by Crippen LogP contribution is 2.20. The summed E-state index contributed by atoms with van der Waals surface area (Å²) in [5.74, 6) is -2.47. The van der Waals surface area contributed by atoms with E-state index in [1.165, 1.54) is 0 Å². The lowest BCUT2D eigenvalue weighted by Crippen LogP contribution is -2.32. The Morgan fingerprint density at radius 2 is 1.38 bits per heavy atom. The smallest absolute Gasteiger partial charge is 0.320 e. The number of halogens is 2. The van der Waals surface area contributed by atoms with E-state index in [-0.39, 0.29) is 38.7 Å². The third-order valence-electron chi connectivity index (χ3n) is 3.47. The molecule has 0 heterocycles. The molecule has 0 saturated heterocycles. The summed E-state index contributed by atoms with van der Waals surface area (Å²) in [5.41, 5.74) is -1.47. The van der Waals surface area contributed by atoms with Gasteiger partial charge in [-0.1, -0.05) is 31.9 Å². The number of aliphatic carboxylic acids is 1. The topological polar surface area (TPSA) is 116 Å². The van der Waals surface area contributed by atoms with Gasteiger partial charge in [-0.15, -0.1) is 0 Å². The van der Waals surface area contributed by atoms with Gasteiger partial charge >= 0.3 is 23.9 Å². The van der Waals surface area contributed by atoms with Gasteiger partial charge in [-0.2, -0.15) is 0 Å². The minimum atomic E-state index is -0.993. The molecule has 0 aliphatic rings. The van der Waals surface area contributed by atoms with Crippen LogP contribution in [0.25, 0.3) is 0 Å². The maximum absolute atomic E-state index is 12.1. The molecule has 0 amide bonds. The summed E-state index contributed by atoms with van der Waals surface area (Å²) >= 11 is 6.31. The number of rotatable bonds is 12. The highest BCUT2D eigenvalue weighted by Gasteiger charge is 2.27. The van der Waals surface area contributed by atoms with Crippen molar-refractivity contribution in [3.63, 3.8) is 0 Å². The normalized spacial score (nSPS) is 13.9. The molecule has 0 aromatic heterocycles. The molecule has 10 heteroatoms. The first-order valence-electron chi connectivity index (χ1n) is 9.24. The van der Waals surface area contributed by atoms with Gasteiger partial charge in [-0.05, 0) is 47.5 Å². The summed E-state index contributed by atoms with van der Waals surface area (Å²) in [6.07, 6.45) is 0.502. The predicted octanol–water partition coefficient (Wildman–Crippen LogP) is 3.76. The van der Waals surface area contributed by atoms with Crippen molar-refractivity contribution in [2.45, 2.75) is 87.6 Å². The van der Waals surface area contributed by atoms with Gasteiger partial charge in [0.2, 0.25) is 0 Å². The van der Waals surface area contributed by atoms with Crippen LogP contribution in [-0.2, 0) is 33.4 Å². The zero-order valence-corrected chi connectivity index (χ0v) is 20.6. The average Bonchev–Trinajstić information content (AvgIpc) is 2.55. The van der Waals surface area contributed by atoms with Gasteiger partial charge in [0.05, 0.1) is 6.61 Å². The Morgan fingerprint density at radius 3 is 1.90 bits per heavy atom. The molecule has 0 fully saturated rings. The van der Waals surface area contributed by atoms with Crippen LogP contribution in [0.4, 0.5) is 0 Å². The van der Waals surface area contributed by atoms with Gasteiger partial charge in [0.15, 0.2) is 0 Å². The van der Waals surface area contributed by atoms with E-state index in [4.69, 9.17) is 19.3 Å². The van der Waals surface area contributed by atoms with Crippen LogP contribution in [0.15, 0.2) is 0 Å². The van der Waals surface area contributed by atoms with Crippen molar-refractivity contribution in [1.82, 2.24) is 0 Å². The van der Waals surface area contributed by atoms with Gasteiger partial charge in [0, 0.05) is 19.3 Å². The van der Waals surface area contributed by atoms with Crippen molar-refractivity contribution in [1.29, 1.82) is 0 Å². The largest absolute Gasteiger partial charge is 0.481 e. The fourth-order valence-electron chi connectivity index (χ4n) is 1.99. The molecular weight excluding hydrogens is 516 g/mol. The first-order valence-corrected chi connectivity index (χ1v) is 11.1. The van der Waals surface area contributed by atoms with Crippen LogP contribution in [0.5, 0.6) is 0 Å². The molecule has 29 heavy (non-hydrogen) atoms. The number of carboxylic acid groups (broad SMARTS) is 1. The third-order valence-corrected chi connectivity index (χ3v) is 5.13. The molecule has 2 atom stereocenters. The number of carbonyl (C=O) groups is 4. The number of carbonyl (C=O) groups excluding carboxylic acids is 3. The second-order valence-corrected chi connectivity index (χ2v) is 10.3. The second-order valence-electron chi connectivity index (χ2n) is 8.09. The van der Waals surface area contributed by atoms with Crippen LogP contribution < -0.4 is 0 Å². The van der Waals surface area contributed by atoms with Gasteiger partial charge in [-0.25, -0.2) is 0 Å². The van der Waals surface area contributed by atoms with E-state index in [9.17, 15) is 19.2 Å². The molecule has 0 unspecified atom stereocenters. The maximum Gasteiger partial charge on any atom is 0.320 e. The molecule has 0 saturated carbocycles. The lowest BCUT2D eigenvalue weighted by Gasteiger charge is -2.25. The highest BCUT2D eigenvalue weighted by molar-refractivity contribution is 9.10. The fraction of sp³-hybridized carbons (Fsp3) is 0.789. The van der Waals surface area contributed by atoms with Crippen LogP contribution in [0.2, 0.25) is 0 Å². The number of esters is 3. The monoisotopic (exact) mass is 544 g/mol. The SMILES string of the molecule is CC(C)(C)OC(=O)[C@H](Br)CCC(=O)OC(C)(C)CCOC(=O)[C@H](Br)CCC(=O)O. The predicted molar refractivity (Wildman–Crippen MR) is 113 cm³/mol. The number of hydrogen-bond donors (Lipinski definition) is 1. The second kappa shape index (κ2) is 12.5. The molecule has 0 aliphatic carbocycles. The third kappa shape index (κ3) is 14.5. The lowest BCUT2D eigenvalue weighted by molar-refractivity contribution is -0.159. The molecule has 1 N–H and O–H groups in total. The molecule has 0 aromatic carbocycles. The molecule has 168 valence electrons. The van der Waals surface area contributed by atoms with Crippen molar-refractivity contribution in [2.75, 3.05) is 6.61 Å². The Kier molecular flexibility index (Phi) is 12.0. The Balaban J connectivity index is 4.26. The highest BCUT2D eigenvalue weighted by atomic mass is 79.9. The zero-order chi connectivity index (χ0) is 22.8. The van der Waals surface area contributed by atoms with Crippen molar-refractivity contribution < 1.29 is 38.5 Å². The zero-order valence-electron chi connectivity index (χ0n) is 17.5. The number of carboxylic acids is 1. The van der Waals surface area contributed by atoms with Crippen molar-refractivity contribution >= 4 is 55.7 Å². The number of ether oxygens (including phenoxy) is 3. The molecule has 0 radical (unpaired) electrons. The maximum atomic E-state index is 12.1. The van der Waals surface area contributed by atoms with Crippen molar-refractivity contribution in [3.8, 4) is 0 Å². The molecule has 0 rings (SSSR count). The van der Waals surface area contributed by atoms with Crippen LogP contribution in [0.1, 0.15) is 66.7 Å². The Bertz CT molecular complexity index is 583. The Morgan fingerprint density at radius 1 is 0.862 bits per heavy atom. The molecule has 0 bridgehead atoms. The average molecular weight is 546 g/mol. The summed E-state index contributed by atoms with van der Waals surface area (Å²) in [5, 5.41) is 8.62. The van der Waals surface area contributed by atoms with Crippen molar-refractivity contribution in [2.24, 2.45) is 0 Å². The molecule has 8 nitrogen and oxygen atoms in total. The van der Waals surface area contributed by atoms with Crippen molar-refractivity contribution in [3.05, 3.63) is 0 Å². The molecular formula is C19H30Br2O8. The van der Waals surface area contributed by atoms with Gasteiger partial charge < -0.3 is 19.3 Å². The molecule has 0 aromatic rings.